The molecule has 0 aliphatic carbocycles. The van der Waals surface area contributed by atoms with Gasteiger partial charge in [-0.05, 0) is 50.5 Å². The lowest BCUT2D eigenvalue weighted by Crippen LogP contribution is -2.50. The van der Waals surface area contributed by atoms with E-state index in [2.05, 4.69) is 17.1 Å². The molecule has 1 fully saturated rings. The van der Waals surface area contributed by atoms with Gasteiger partial charge in [-0.1, -0.05) is 18.0 Å². The number of aryl methyl sites for hydroxylation is 1. The summed E-state index contributed by atoms with van der Waals surface area (Å²) < 4.78 is 0. The van der Waals surface area contributed by atoms with Crippen LogP contribution in [-0.2, 0) is 4.79 Å². The first-order valence-corrected chi connectivity index (χ1v) is 7.81. The summed E-state index contributed by atoms with van der Waals surface area (Å²) in [5.41, 5.74) is 1.73. The molecule has 1 heterocycles. The number of amides is 1. The number of nitrogens with one attached hydrogen (secondary N) is 1. The third-order valence-electron chi connectivity index (χ3n) is 4.19. The first kappa shape index (κ1) is 16.3. The summed E-state index contributed by atoms with van der Waals surface area (Å²) in [5, 5.41) is 13.1. The normalized spacial score (nSPS) is 23.0. The molecule has 116 valence electrons. The van der Waals surface area contributed by atoms with Gasteiger partial charge in [-0.3, -0.25) is 9.69 Å². The van der Waals surface area contributed by atoms with Crippen molar-refractivity contribution in [3.63, 3.8) is 0 Å². The Bertz CT molecular complexity index is 507. The van der Waals surface area contributed by atoms with Crippen LogP contribution in [0.15, 0.2) is 18.2 Å². The third-order valence-corrected chi connectivity index (χ3v) is 4.43. The van der Waals surface area contributed by atoms with Crippen molar-refractivity contribution >= 4 is 23.2 Å². The summed E-state index contributed by atoms with van der Waals surface area (Å²) >= 11 is 5.92. The maximum Gasteiger partial charge on any atom is 0.238 e. The quantitative estimate of drug-likeness (QED) is 0.899. The summed E-state index contributed by atoms with van der Waals surface area (Å²) in [5.74, 6) is -0.0485. The van der Waals surface area contributed by atoms with Crippen molar-refractivity contribution in [1.29, 1.82) is 0 Å². The van der Waals surface area contributed by atoms with Crippen molar-refractivity contribution in [2.24, 2.45) is 0 Å². The Hall–Kier alpha value is -1.10. The van der Waals surface area contributed by atoms with Crippen molar-refractivity contribution in [3.8, 4) is 0 Å². The lowest BCUT2D eigenvalue weighted by atomic mass is 9.97. The van der Waals surface area contributed by atoms with Gasteiger partial charge in [0.25, 0.3) is 0 Å². The highest BCUT2D eigenvalue weighted by Gasteiger charge is 2.28. The number of piperidine rings is 1. The van der Waals surface area contributed by atoms with Gasteiger partial charge in [0, 0.05) is 22.8 Å². The van der Waals surface area contributed by atoms with Crippen LogP contribution in [0.2, 0.25) is 5.02 Å². The molecule has 0 aromatic heterocycles. The van der Waals surface area contributed by atoms with Crippen LogP contribution in [0.5, 0.6) is 0 Å². The monoisotopic (exact) mass is 310 g/mol. The number of aliphatic hydroxyl groups is 1. The maximum atomic E-state index is 12.3. The Kier molecular flexibility index (Phi) is 5.62. The highest BCUT2D eigenvalue weighted by atomic mass is 35.5. The fraction of sp³-hybridized carbons (Fsp3) is 0.562. The van der Waals surface area contributed by atoms with Crippen LogP contribution in [0.3, 0.4) is 0 Å². The second-order valence-corrected chi connectivity index (χ2v) is 6.23. The molecule has 0 bridgehead atoms. The van der Waals surface area contributed by atoms with E-state index in [9.17, 15) is 9.90 Å². The predicted molar refractivity (Wildman–Crippen MR) is 85.7 cm³/mol. The summed E-state index contributed by atoms with van der Waals surface area (Å²) in [6, 6.07) is 5.83. The number of rotatable bonds is 4. The first-order valence-electron chi connectivity index (χ1n) is 7.44. The van der Waals surface area contributed by atoms with Crippen molar-refractivity contribution in [3.05, 3.63) is 28.8 Å². The van der Waals surface area contributed by atoms with E-state index in [4.69, 9.17) is 11.6 Å². The molecule has 0 radical (unpaired) electrons. The fourth-order valence-electron chi connectivity index (χ4n) is 2.94. The number of carbonyl (C=O) groups excluding carboxylic acids is 1. The van der Waals surface area contributed by atoms with Gasteiger partial charge in [0.2, 0.25) is 5.91 Å². The van der Waals surface area contributed by atoms with Gasteiger partial charge in [-0.25, -0.2) is 0 Å². The lowest BCUT2D eigenvalue weighted by Gasteiger charge is -2.39. The smallest absolute Gasteiger partial charge is 0.238 e. The zero-order valence-electron chi connectivity index (χ0n) is 12.6. The first-order chi connectivity index (χ1) is 10.0. The van der Waals surface area contributed by atoms with E-state index in [-0.39, 0.29) is 18.6 Å². The Balaban J connectivity index is 2.00. The zero-order valence-corrected chi connectivity index (χ0v) is 13.4. The molecule has 0 spiro atoms. The van der Waals surface area contributed by atoms with E-state index < -0.39 is 0 Å². The largest absolute Gasteiger partial charge is 0.395 e. The number of carbonyl (C=O) groups is 1. The standard InChI is InChI=1S/C16H23ClN2O2/c1-11-8-13(17)6-7-15(11)18-16(21)9-19-12(2)4-3-5-14(19)10-20/h6-8,12,14,20H,3-5,9-10H2,1-2H3,(H,18,21). The van der Waals surface area contributed by atoms with Crippen LogP contribution in [0.25, 0.3) is 0 Å². The van der Waals surface area contributed by atoms with Gasteiger partial charge in [-0.2, -0.15) is 0 Å². The van der Waals surface area contributed by atoms with E-state index in [1.165, 1.54) is 0 Å². The third kappa shape index (κ3) is 4.19. The highest BCUT2D eigenvalue weighted by molar-refractivity contribution is 6.30. The predicted octanol–water partition coefficient (Wildman–Crippen LogP) is 2.82. The molecule has 2 unspecified atom stereocenters. The topological polar surface area (TPSA) is 52.6 Å². The van der Waals surface area contributed by atoms with Crippen LogP contribution in [0.4, 0.5) is 5.69 Å². The summed E-state index contributed by atoms with van der Waals surface area (Å²) in [7, 11) is 0. The molecule has 2 N–H and O–H groups in total. The van der Waals surface area contributed by atoms with E-state index in [1.54, 1.807) is 6.07 Å². The number of hydrogen-bond donors (Lipinski definition) is 2. The van der Waals surface area contributed by atoms with Crippen molar-refractivity contribution in [2.45, 2.75) is 45.2 Å². The number of anilines is 1. The second-order valence-electron chi connectivity index (χ2n) is 5.80. The van der Waals surface area contributed by atoms with Crippen LogP contribution in [0, 0.1) is 6.92 Å². The van der Waals surface area contributed by atoms with Crippen LogP contribution in [0.1, 0.15) is 31.7 Å². The molecule has 21 heavy (non-hydrogen) atoms. The number of hydrogen-bond acceptors (Lipinski definition) is 3. The van der Waals surface area contributed by atoms with Crippen LogP contribution >= 0.6 is 11.6 Å². The molecule has 2 atom stereocenters. The van der Waals surface area contributed by atoms with Gasteiger partial charge < -0.3 is 10.4 Å². The molecule has 1 saturated heterocycles. The van der Waals surface area contributed by atoms with Crippen molar-refractivity contribution < 1.29 is 9.90 Å². The van der Waals surface area contributed by atoms with Gasteiger partial charge in [0.15, 0.2) is 0 Å². The number of aliphatic hydroxyl groups excluding tert-OH is 1. The Morgan fingerprint density at radius 3 is 2.90 bits per heavy atom. The Morgan fingerprint density at radius 1 is 1.48 bits per heavy atom. The average molecular weight is 311 g/mol. The van der Waals surface area contributed by atoms with E-state index in [0.29, 0.717) is 17.6 Å². The zero-order chi connectivity index (χ0) is 15.4. The van der Waals surface area contributed by atoms with Gasteiger partial charge in [0.1, 0.15) is 0 Å². The van der Waals surface area contributed by atoms with Gasteiger partial charge in [0.05, 0.1) is 13.2 Å². The highest BCUT2D eigenvalue weighted by Crippen LogP contribution is 2.23. The second kappa shape index (κ2) is 7.25. The summed E-state index contributed by atoms with van der Waals surface area (Å²) in [6.07, 6.45) is 3.14. The molecule has 1 amide bonds. The number of likely N-dealkylation sites (tertiary alicyclic amines) is 1. The molecule has 1 aliphatic rings. The Morgan fingerprint density at radius 2 is 2.24 bits per heavy atom. The molecule has 2 rings (SSSR count). The number of halogens is 1. The van der Waals surface area contributed by atoms with E-state index in [0.717, 1.165) is 30.5 Å². The molecular formula is C16H23ClN2O2. The molecule has 1 aromatic carbocycles. The van der Waals surface area contributed by atoms with Crippen LogP contribution < -0.4 is 5.32 Å². The number of nitrogens with zero attached hydrogens (tertiary/aromatic N) is 1. The lowest BCUT2D eigenvalue weighted by molar-refractivity contribution is -0.119. The molecular weight excluding hydrogens is 288 g/mol. The Labute approximate surface area is 131 Å². The average Bonchev–Trinajstić information content (AvgIpc) is 2.44. The summed E-state index contributed by atoms with van der Waals surface area (Å²) in [4.78, 5) is 14.4. The molecule has 1 aliphatic heterocycles. The van der Waals surface area contributed by atoms with E-state index >= 15 is 0 Å². The molecule has 5 heteroatoms. The van der Waals surface area contributed by atoms with Gasteiger partial charge >= 0.3 is 0 Å². The molecule has 4 nitrogen and oxygen atoms in total. The van der Waals surface area contributed by atoms with Crippen molar-refractivity contribution in [1.82, 2.24) is 4.90 Å². The van der Waals surface area contributed by atoms with E-state index in [1.807, 2.05) is 19.1 Å². The SMILES string of the molecule is Cc1cc(Cl)ccc1NC(=O)CN1C(C)CCCC1CO. The minimum atomic E-state index is -0.0485. The summed E-state index contributed by atoms with van der Waals surface area (Å²) in [6.45, 7) is 4.45. The number of benzene rings is 1. The van der Waals surface area contributed by atoms with Crippen molar-refractivity contribution in [2.75, 3.05) is 18.5 Å². The minimum Gasteiger partial charge on any atom is -0.395 e. The maximum absolute atomic E-state index is 12.3. The molecule has 0 saturated carbocycles. The van der Waals surface area contributed by atoms with Crippen LogP contribution in [-0.4, -0.2) is 41.1 Å². The minimum absolute atomic E-state index is 0.0485. The van der Waals surface area contributed by atoms with Gasteiger partial charge in [-0.15, -0.1) is 0 Å². The molecule has 1 aromatic rings. The fourth-order valence-corrected chi connectivity index (χ4v) is 3.17.